The maximum absolute atomic E-state index is 12.4. The number of benzene rings is 1. The van der Waals surface area contributed by atoms with E-state index in [4.69, 9.17) is 0 Å². The van der Waals surface area contributed by atoms with Gasteiger partial charge in [-0.15, -0.1) is 24.0 Å². The summed E-state index contributed by atoms with van der Waals surface area (Å²) >= 11 is 0. The van der Waals surface area contributed by atoms with Crippen molar-refractivity contribution in [3.8, 4) is 0 Å². The summed E-state index contributed by atoms with van der Waals surface area (Å²) in [6.45, 7) is 7.74. The number of aliphatic imine (C=N–C) groups is 1. The molecule has 5 nitrogen and oxygen atoms in total. The molecule has 0 saturated carbocycles. The van der Waals surface area contributed by atoms with Crippen molar-refractivity contribution in [3.05, 3.63) is 35.9 Å². The minimum Gasteiger partial charge on any atom is -0.357 e. The molecular weight excluding hydrogens is 439 g/mol. The molecule has 2 rings (SSSR count). The molecule has 1 aromatic carbocycles. The van der Waals surface area contributed by atoms with Gasteiger partial charge < -0.3 is 15.5 Å². The van der Waals surface area contributed by atoms with E-state index in [1.807, 2.05) is 11.8 Å². The molecule has 0 radical (unpaired) electrons. The first kappa shape index (κ1) is 22.7. The second-order valence-electron chi connectivity index (χ2n) is 6.64. The standard InChI is InChI=1S/C20H32N4O.HI/c1-3-12-22-20(21-4-2)23-16-19(25)24-13-10-18(11-14-24)15-17-8-6-5-7-9-17;/h5-9,18H,3-4,10-16H2,1-2H3,(H2,21,22,23);1H. The molecule has 1 fully saturated rings. The fourth-order valence-corrected chi connectivity index (χ4v) is 3.17. The van der Waals surface area contributed by atoms with Crippen LogP contribution in [0.25, 0.3) is 0 Å². The number of guanidine groups is 1. The van der Waals surface area contributed by atoms with Crippen molar-refractivity contribution in [2.45, 2.75) is 39.5 Å². The number of hydrogen-bond acceptors (Lipinski definition) is 2. The van der Waals surface area contributed by atoms with E-state index in [2.05, 4.69) is 52.9 Å². The summed E-state index contributed by atoms with van der Waals surface area (Å²) in [5.74, 6) is 1.54. The van der Waals surface area contributed by atoms with Crippen LogP contribution in [0.15, 0.2) is 35.3 Å². The summed E-state index contributed by atoms with van der Waals surface area (Å²) in [5.41, 5.74) is 1.40. The molecule has 0 aromatic heterocycles. The predicted molar refractivity (Wildman–Crippen MR) is 119 cm³/mol. The lowest BCUT2D eigenvalue weighted by Gasteiger charge is -2.31. The van der Waals surface area contributed by atoms with Crippen LogP contribution in [0.2, 0.25) is 0 Å². The second-order valence-corrected chi connectivity index (χ2v) is 6.64. The van der Waals surface area contributed by atoms with Crippen LogP contribution in [0, 0.1) is 5.92 Å². The predicted octanol–water partition coefficient (Wildman–Crippen LogP) is 3.05. The van der Waals surface area contributed by atoms with Crippen molar-refractivity contribution in [3.63, 3.8) is 0 Å². The fourth-order valence-electron chi connectivity index (χ4n) is 3.17. The first-order valence-electron chi connectivity index (χ1n) is 9.56. The van der Waals surface area contributed by atoms with Gasteiger partial charge in [-0.1, -0.05) is 37.3 Å². The minimum atomic E-state index is 0. The van der Waals surface area contributed by atoms with E-state index in [1.54, 1.807) is 0 Å². The molecule has 1 amide bonds. The molecule has 1 aromatic rings. The van der Waals surface area contributed by atoms with E-state index in [9.17, 15) is 4.79 Å². The molecule has 1 saturated heterocycles. The zero-order valence-electron chi connectivity index (χ0n) is 16.0. The van der Waals surface area contributed by atoms with E-state index in [-0.39, 0.29) is 36.4 Å². The summed E-state index contributed by atoms with van der Waals surface area (Å²) < 4.78 is 0. The number of rotatable bonds is 7. The first-order chi connectivity index (χ1) is 12.2. The zero-order chi connectivity index (χ0) is 17.9. The van der Waals surface area contributed by atoms with Crippen LogP contribution >= 0.6 is 24.0 Å². The SMILES string of the molecule is CCCNC(=NCC(=O)N1CCC(Cc2ccccc2)CC1)NCC.I. The first-order valence-corrected chi connectivity index (χ1v) is 9.56. The third kappa shape index (κ3) is 7.93. The Kier molecular flexibility index (Phi) is 11.3. The Morgan fingerprint density at radius 2 is 1.85 bits per heavy atom. The van der Waals surface area contributed by atoms with Gasteiger partial charge in [0.2, 0.25) is 5.91 Å². The van der Waals surface area contributed by atoms with Crippen LogP contribution in [-0.2, 0) is 11.2 Å². The smallest absolute Gasteiger partial charge is 0.244 e. The van der Waals surface area contributed by atoms with Gasteiger partial charge in [-0.2, -0.15) is 0 Å². The van der Waals surface area contributed by atoms with Gasteiger partial charge in [-0.25, -0.2) is 4.99 Å². The lowest BCUT2D eigenvalue weighted by molar-refractivity contribution is -0.130. The lowest BCUT2D eigenvalue weighted by atomic mass is 9.90. The van der Waals surface area contributed by atoms with Crippen molar-refractivity contribution in [2.75, 3.05) is 32.7 Å². The van der Waals surface area contributed by atoms with Crippen LogP contribution in [0.1, 0.15) is 38.7 Å². The largest absolute Gasteiger partial charge is 0.357 e. The molecule has 26 heavy (non-hydrogen) atoms. The van der Waals surface area contributed by atoms with Gasteiger partial charge in [0.1, 0.15) is 6.54 Å². The molecular formula is C20H33IN4O. The Hall–Kier alpha value is -1.31. The van der Waals surface area contributed by atoms with Crippen molar-refractivity contribution in [1.29, 1.82) is 0 Å². The minimum absolute atomic E-state index is 0. The summed E-state index contributed by atoms with van der Waals surface area (Å²) in [6.07, 6.45) is 4.32. The van der Waals surface area contributed by atoms with E-state index in [1.165, 1.54) is 5.56 Å². The number of carbonyl (C=O) groups is 1. The number of nitrogens with zero attached hydrogens (tertiary/aromatic N) is 2. The molecule has 0 aliphatic carbocycles. The fraction of sp³-hybridized carbons (Fsp3) is 0.600. The van der Waals surface area contributed by atoms with Crippen LogP contribution in [0.4, 0.5) is 0 Å². The average Bonchev–Trinajstić information content (AvgIpc) is 2.65. The molecule has 1 aliphatic rings. The van der Waals surface area contributed by atoms with Crippen LogP contribution in [-0.4, -0.2) is 49.5 Å². The van der Waals surface area contributed by atoms with Crippen molar-refractivity contribution < 1.29 is 4.79 Å². The summed E-state index contributed by atoms with van der Waals surface area (Å²) in [7, 11) is 0. The van der Waals surface area contributed by atoms with E-state index in [0.717, 1.165) is 57.8 Å². The summed E-state index contributed by atoms with van der Waals surface area (Å²) in [5, 5.41) is 6.41. The molecule has 1 heterocycles. The van der Waals surface area contributed by atoms with E-state index >= 15 is 0 Å². The maximum Gasteiger partial charge on any atom is 0.244 e. The Bertz CT molecular complexity index is 542. The Labute approximate surface area is 175 Å². The third-order valence-electron chi connectivity index (χ3n) is 4.59. The van der Waals surface area contributed by atoms with Crippen LogP contribution in [0.3, 0.4) is 0 Å². The number of carbonyl (C=O) groups excluding carboxylic acids is 1. The molecule has 6 heteroatoms. The van der Waals surface area contributed by atoms with Gasteiger partial charge in [-0.3, -0.25) is 4.79 Å². The summed E-state index contributed by atoms with van der Waals surface area (Å²) in [4.78, 5) is 18.8. The molecule has 0 unspecified atom stereocenters. The number of nitrogens with one attached hydrogen (secondary N) is 2. The third-order valence-corrected chi connectivity index (χ3v) is 4.59. The molecule has 0 atom stereocenters. The number of piperidine rings is 1. The number of amides is 1. The highest BCUT2D eigenvalue weighted by Crippen LogP contribution is 2.21. The lowest BCUT2D eigenvalue weighted by Crippen LogP contribution is -2.42. The molecule has 1 aliphatic heterocycles. The van der Waals surface area contributed by atoms with Gasteiger partial charge in [-0.05, 0) is 44.1 Å². The summed E-state index contributed by atoms with van der Waals surface area (Å²) in [6, 6.07) is 10.6. The Morgan fingerprint density at radius 1 is 1.15 bits per heavy atom. The topological polar surface area (TPSA) is 56.7 Å². The van der Waals surface area contributed by atoms with Crippen molar-refractivity contribution in [1.82, 2.24) is 15.5 Å². The molecule has 2 N–H and O–H groups in total. The highest BCUT2D eigenvalue weighted by atomic mass is 127. The number of hydrogen-bond donors (Lipinski definition) is 2. The normalized spacial score (nSPS) is 15.3. The Balaban J connectivity index is 0.00000338. The highest BCUT2D eigenvalue weighted by molar-refractivity contribution is 14.0. The van der Waals surface area contributed by atoms with Gasteiger partial charge in [0.25, 0.3) is 0 Å². The average molecular weight is 472 g/mol. The highest BCUT2D eigenvalue weighted by Gasteiger charge is 2.22. The number of likely N-dealkylation sites (tertiary alicyclic amines) is 1. The van der Waals surface area contributed by atoms with Crippen LogP contribution in [0.5, 0.6) is 0 Å². The molecule has 0 spiro atoms. The zero-order valence-corrected chi connectivity index (χ0v) is 18.4. The Morgan fingerprint density at radius 3 is 2.46 bits per heavy atom. The van der Waals surface area contributed by atoms with Gasteiger partial charge in [0.05, 0.1) is 0 Å². The van der Waals surface area contributed by atoms with E-state index in [0.29, 0.717) is 5.92 Å². The van der Waals surface area contributed by atoms with Gasteiger partial charge in [0, 0.05) is 26.2 Å². The van der Waals surface area contributed by atoms with Gasteiger partial charge in [0.15, 0.2) is 5.96 Å². The van der Waals surface area contributed by atoms with Gasteiger partial charge >= 0.3 is 0 Å². The second kappa shape index (κ2) is 12.9. The monoisotopic (exact) mass is 472 g/mol. The molecule has 0 bridgehead atoms. The van der Waals surface area contributed by atoms with Crippen molar-refractivity contribution in [2.24, 2.45) is 10.9 Å². The number of halogens is 1. The molecule has 146 valence electrons. The van der Waals surface area contributed by atoms with Crippen LogP contribution < -0.4 is 10.6 Å². The van der Waals surface area contributed by atoms with E-state index < -0.39 is 0 Å². The van der Waals surface area contributed by atoms with Crippen molar-refractivity contribution >= 4 is 35.8 Å². The quantitative estimate of drug-likeness (QED) is 0.365. The maximum atomic E-state index is 12.4.